The molecule has 1 aliphatic heterocycles. The van der Waals surface area contributed by atoms with Crippen molar-refractivity contribution in [3.05, 3.63) is 59.4 Å². The van der Waals surface area contributed by atoms with Gasteiger partial charge in [-0.15, -0.1) is 0 Å². The summed E-state index contributed by atoms with van der Waals surface area (Å²) in [7, 11) is -3.85. The van der Waals surface area contributed by atoms with Gasteiger partial charge in [0.15, 0.2) is 6.54 Å². The minimum absolute atomic E-state index is 0.0802. The standard InChI is InChI=1S/C21H24FN3O3S/c22-19-6-1-2-7-20(19)29(27,28)25-12-10-24(11-13-25)15-21(26)23-18-9-8-16-4-3-5-17(16)14-18/h1-2,6-9,14H,3-5,10-13,15H2,(H,23,26)/p+1. The largest absolute Gasteiger partial charge is 0.325 e. The van der Waals surface area contributed by atoms with Gasteiger partial charge >= 0.3 is 0 Å². The monoisotopic (exact) mass is 418 g/mol. The van der Waals surface area contributed by atoms with Crippen LogP contribution < -0.4 is 10.2 Å². The number of quaternary nitrogens is 1. The van der Waals surface area contributed by atoms with E-state index in [1.807, 2.05) is 6.07 Å². The fourth-order valence-corrected chi connectivity index (χ4v) is 5.60. The molecule has 0 aromatic heterocycles. The van der Waals surface area contributed by atoms with Crippen LogP contribution in [0.25, 0.3) is 0 Å². The number of hydrogen-bond acceptors (Lipinski definition) is 3. The van der Waals surface area contributed by atoms with E-state index < -0.39 is 15.8 Å². The fourth-order valence-electron chi connectivity index (χ4n) is 4.09. The van der Waals surface area contributed by atoms with Crippen molar-refractivity contribution in [2.45, 2.75) is 24.2 Å². The third-order valence-electron chi connectivity index (χ3n) is 5.68. The molecule has 2 N–H and O–H groups in total. The summed E-state index contributed by atoms with van der Waals surface area (Å²) in [5.41, 5.74) is 3.48. The van der Waals surface area contributed by atoms with Crippen molar-refractivity contribution in [3.63, 3.8) is 0 Å². The number of anilines is 1. The van der Waals surface area contributed by atoms with Crippen LogP contribution in [0.2, 0.25) is 0 Å². The Morgan fingerprint density at radius 2 is 1.79 bits per heavy atom. The van der Waals surface area contributed by atoms with E-state index in [9.17, 15) is 17.6 Å². The molecule has 1 heterocycles. The average molecular weight is 419 g/mol. The van der Waals surface area contributed by atoms with Gasteiger partial charge in [0.2, 0.25) is 10.0 Å². The third-order valence-corrected chi connectivity index (χ3v) is 7.61. The van der Waals surface area contributed by atoms with E-state index >= 15 is 0 Å². The van der Waals surface area contributed by atoms with E-state index in [4.69, 9.17) is 0 Å². The first-order chi connectivity index (χ1) is 13.9. The smallest absolute Gasteiger partial charge is 0.279 e. The minimum Gasteiger partial charge on any atom is -0.325 e. The molecule has 2 aliphatic rings. The van der Waals surface area contributed by atoms with Crippen molar-refractivity contribution in [3.8, 4) is 0 Å². The van der Waals surface area contributed by atoms with E-state index in [-0.39, 0.29) is 30.4 Å². The van der Waals surface area contributed by atoms with E-state index in [2.05, 4.69) is 17.4 Å². The number of nitrogens with zero attached hydrogens (tertiary/aromatic N) is 1. The summed E-state index contributed by atoms with van der Waals surface area (Å²) in [5.74, 6) is -0.820. The molecule has 0 radical (unpaired) electrons. The molecule has 0 bridgehead atoms. The third kappa shape index (κ3) is 4.34. The summed E-state index contributed by atoms with van der Waals surface area (Å²) in [6.45, 7) is 1.82. The molecule has 2 aromatic rings. The lowest BCUT2D eigenvalue weighted by atomic mass is 10.1. The Labute approximate surface area is 170 Å². The Bertz CT molecular complexity index is 1020. The first kappa shape index (κ1) is 20.0. The van der Waals surface area contributed by atoms with E-state index in [0.29, 0.717) is 13.1 Å². The zero-order chi connectivity index (χ0) is 20.4. The summed E-state index contributed by atoms with van der Waals surface area (Å²) in [6, 6.07) is 11.5. The first-order valence-corrected chi connectivity index (χ1v) is 11.4. The van der Waals surface area contributed by atoms with E-state index in [1.165, 1.54) is 33.6 Å². The number of fused-ring (bicyclic) bond motifs is 1. The highest BCUT2D eigenvalue weighted by Gasteiger charge is 2.32. The molecule has 0 spiro atoms. The van der Waals surface area contributed by atoms with Crippen molar-refractivity contribution in [1.29, 1.82) is 0 Å². The molecule has 6 nitrogen and oxygen atoms in total. The summed E-state index contributed by atoms with van der Waals surface area (Å²) < 4.78 is 40.6. The number of amides is 1. The summed E-state index contributed by atoms with van der Waals surface area (Å²) in [4.78, 5) is 13.1. The lowest BCUT2D eigenvalue weighted by Gasteiger charge is -2.31. The maximum atomic E-state index is 13.9. The molecule has 8 heteroatoms. The minimum atomic E-state index is -3.85. The average Bonchev–Trinajstić information content (AvgIpc) is 3.16. The number of hydrogen-bond donors (Lipinski definition) is 2. The predicted octanol–water partition coefficient (Wildman–Crippen LogP) is 0.842. The molecular formula is C21H25FN3O3S+. The Kier molecular flexibility index (Phi) is 5.67. The van der Waals surface area contributed by atoms with Gasteiger partial charge in [-0.3, -0.25) is 4.79 Å². The van der Waals surface area contributed by atoms with Gasteiger partial charge in [0.25, 0.3) is 5.91 Å². The van der Waals surface area contributed by atoms with Gasteiger partial charge < -0.3 is 10.2 Å². The Morgan fingerprint density at radius 1 is 1.07 bits per heavy atom. The normalized spacial score (nSPS) is 17.8. The second-order valence-electron chi connectivity index (χ2n) is 7.65. The van der Waals surface area contributed by atoms with Crippen LogP contribution in [0.5, 0.6) is 0 Å². The number of nitrogens with one attached hydrogen (secondary N) is 2. The zero-order valence-electron chi connectivity index (χ0n) is 16.2. The van der Waals surface area contributed by atoms with Crippen LogP contribution in [0, 0.1) is 5.82 Å². The fraction of sp³-hybridized carbons (Fsp3) is 0.381. The highest BCUT2D eigenvalue weighted by atomic mass is 32.2. The highest BCUT2D eigenvalue weighted by molar-refractivity contribution is 7.89. The van der Waals surface area contributed by atoms with Crippen molar-refractivity contribution >= 4 is 21.6 Å². The molecule has 0 atom stereocenters. The molecular weight excluding hydrogens is 393 g/mol. The highest BCUT2D eigenvalue weighted by Crippen LogP contribution is 2.24. The molecule has 29 heavy (non-hydrogen) atoms. The summed E-state index contributed by atoms with van der Waals surface area (Å²) in [5, 5.41) is 2.95. The van der Waals surface area contributed by atoms with E-state index in [1.54, 1.807) is 0 Å². The summed E-state index contributed by atoms with van der Waals surface area (Å²) in [6.07, 6.45) is 3.33. The van der Waals surface area contributed by atoms with Crippen molar-refractivity contribution in [2.24, 2.45) is 0 Å². The zero-order valence-corrected chi connectivity index (χ0v) is 17.0. The topological polar surface area (TPSA) is 70.9 Å². The van der Waals surface area contributed by atoms with Crippen molar-refractivity contribution in [1.82, 2.24) is 4.31 Å². The van der Waals surface area contributed by atoms with Crippen LogP contribution in [0.1, 0.15) is 17.5 Å². The molecule has 2 aromatic carbocycles. The maximum absolute atomic E-state index is 13.9. The lowest BCUT2D eigenvalue weighted by molar-refractivity contribution is -0.895. The number of carbonyl (C=O) groups excluding carboxylic acids is 1. The van der Waals surface area contributed by atoms with Crippen LogP contribution in [-0.2, 0) is 27.7 Å². The Balaban J connectivity index is 1.32. The van der Waals surface area contributed by atoms with Crippen LogP contribution in [0.4, 0.5) is 10.1 Å². The number of sulfonamides is 1. The molecule has 1 aliphatic carbocycles. The first-order valence-electron chi connectivity index (χ1n) is 9.93. The summed E-state index contributed by atoms with van der Waals surface area (Å²) >= 11 is 0. The molecule has 1 fully saturated rings. The number of piperazine rings is 1. The lowest BCUT2D eigenvalue weighted by Crippen LogP contribution is -3.15. The van der Waals surface area contributed by atoms with Crippen molar-refractivity contribution in [2.75, 3.05) is 38.0 Å². The quantitative estimate of drug-likeness (QED) is 0.756. The second kappa shape index (κ2) is 8.22. The number of aryl methyl sites for hydroxylation is 2. The predicted molar refractivity (Wildman–Crippen MR) is 108 cm³/mol. The van der Waals surface area contributed by atoms with Gasteiger partial charge in [0.05, 0.1) is 26.2 Å². The van der Waals surface area contributed by atoms with Gasteiger partial charge in [-0.05, 0) is 54.7 Å². The SMILES string of the molecule is O=C(C[NH+]1CCN(S(=O)(=O)c2ccccc2F)CC1)Nc1ccc2c(c1)CCC2. The van der Waals surface area contributed by atoms with Gasteiger partial charge in [-0.1, -0.05) is 18.2 Å². The van der Waals surface area contributed by atoms with Crippen LogP contribution in [-0.4, -0.2) is 51.4 Å². The van der Waals surface area contributed by atoms with E-state index in [0.717, 1.165) is 35.9 Å². The van der Waals surface area contributed by atoms with Crippen molar-refractivity contribution < 1.29 is 22.5 Å². The van der Waals surface area contributed by atoms with Gasteiger partial charge in [-0.25, -0.2) is 12.8 Å². The van der Waals surface area contributed by atoms with Crippen LogP contribution >= 0.6 is 0 Å². The maximum Gasteiger partial charge on any atom is 0.279 e. The Morgan fingerprint density at radius 3 is 2.55 bits per heavy atom. The van der Waals surface area contributed by atoms with Crippen LogP contribution in [0.15, 0.2) is 47.4 Å². The van der Waals surface area contributed by atoms with Gasteiger partial charge in [0, 0.05) is 5.69 Å². The van der Waals surface area contributed by atoms with Crippen LogP contribution in [0.3, 0.4) is 0 Å². The molecule has 1 saturated heterocycles. The number of rotatable bonds is 5. The second-order valence-corrected chi connectivity index (χ2v) is 9.55. The Hall–Kier alpha value is -2.29. The van der Waals surface area contributed by atoms with Gasteiger partial charge in [0.1, 0.15) is 10.7 Å². The number of carbonyl (C=O) groups is 1. The number of halogens is 1. The molecule has 4 rings (SSSR count). The molecule has 0 saturated carbocycles. The molecule has 154 valence electrons. The number of benzene rings is 2. The molecule has 1 amide bonds. The van der Waals surface area contributed by atoms with Gasteiger partial charge in [-0.2, -0.15) is 4.31 Å². The molecule has 0 unspecified atom stereocenters.